The number of hydrogen-bond donors (Lipinski definition) is 0. The van der Waals surface area contributed by atoms with Crippen molar-refractivity contribution >= 4 is 0 Å². The van der Waals surface area contributed by atoms with Crippen molar-refractivity contribution in [3.05, 3.63) is 35.7 Å². The van der Waals surface area contributed by atoms with Gasteiger partial charge >= 0.3 is 0 Å². The molecule has 0 rings (SSSR count). The number of hydrogen-bond acceptors (Lipinski definition) is 0. The van der Waals surface area contributed by atoms with Crippen LogP contribution in [0.4, 0.5) is 4.39 Å². The van der Waals surface area contributed by atoms with Gasteiger partial charge in [0.25, 0.3) is 0 Å². The van der Waals surface area contributed by atoms with Gasteiger partial charge in [-0.25, -0.2) is 4.39 Å². The predicted octanol–water partition coefficient (Wildman–Crippen LogP) is 3.38. The molecule has 1 heteroatoms. The van der Waals surface area contributed by atoms with Crippen molar-refractivity contribution < 1.29 is 4.39 Å². The quantitative estimate of drug-likeness (QED) is 0.516. The van der Waals surface area contributed by atoms with Crippen LogP contribution in [0.3, 0.4) is 0 Å². The van der Waals surface area contributed by atoms with Gasteiger partial charge in [0.2, 0.25) is 0 Å². The minimum atomic E-state index is -0.185. The summed E-state index contributed by atoms with van der Waals surface area (Å²) in [4.78, 5) is 0. The number of rotatable bonds is 2. The van der Waals surface area contributed by atoms with Gasteiger partial charge in [0, 0.05) is 0 Å². The van der Waals surface area contributed by atoms with Gasteiger partial charge in [0.05, 0.1) is 0 Å². The van der Waals surface area contributed by atoms with Gasteiger partial charge in [-0.3, -0.25) is 0 Å². The monoisotopic (exact) mass is 140 g/mol. The lowest BCUT2D eigenvalue weighted by Crippen LogP contribution is -1.69. The van der Waals surface area contributed by atoms with E-state index >= 15 is 0 Å². The molecule has 0 aromatic heterocycles. The molecule has 0 bridgehead atoms. The number of halogens is 1. The Morgan fingerprint density at radius 1 is 1.30 bits per heavy atom. The van der Waals surface area contributed by atoms with Crippen molar-refractivity contribution in [3.8, 4) is 0 Å². The van der Waals surface area contributed by atoms with E-state index in [0.717, 1.165) is 5.57 Å². The van der Waals surface area contributed by atoms with Gasteiger partial charge < -0.3 is 0 Å². The Morgan fingerprint density at radius 3 is 2.30 bits per heavy atom. The first-order valence-electron chi connectivity index (χ1n) is 3.33. The molecule has 0 aromatic rings. The number of allylic oxidation sites excluding steroid dienone is 6. The van der Waals surface area contributed by atoms with Crippen molar-refractivity contribution in [1.82, 2.24) is 0 Å². The Balaban J connectivity index is 4.16. The summed E-state index contributed by atoms with van der Waals surface area (Å²) >= 11 is 0. The molecule has 0 saturated carbocycles. The molecule has 0 heterocycles. The van der Waals surface area contributed by atoms with E-state index in [2.05, 4.69) is 0 Å². The van der Waals surface area contributed by atoms with Crippen LogP contribution in [0, 0.1) is 0 Å². The fourth-order valence-corrected chi connectivity index (χ4v) is 0.612. The fraction of sp³-hybridized carbons (Fsp3) is 0.333. The summed E-state index contributed by atoms with van der Waals surface area (Å²) in [5, 5.41) is 0. The van der Waals surface area contributed by atoms with Gasteiger partial charge in [0.15, 0.2) is 0 Å². The molecule has 0 amide bonds. The molecule has 0 fully saturated rings. The maximum atomic E-state index is 12.5. The summed E-state index contributed by atoms with van der Waals surface area (Å²) in [5.74, 6) is -0.185. The average Bonchev–Trinajstić information content (AvgIpc) is 1.88. The van der Waals surface area contributed by atoms with Crippen molar-refractivity contribution in [2.45, 2.75) is 20.8 Å². The predicted molar refractivity (Wildman–Crippen MR) is 43.4 cm³/mol. The summed E-state index contributed by atoms with van der Waals surface area (Å²) in [6.45, 7) is 5.45. The highest BCUT2D eigenvalue weighted by Crippen LogP contribution is 2.03. The zero-order valence-corrected chi connectivity index (χ0v) is 6.69. The lowest BCUT2D eigenvalue weighted by molar-refractivity contribution is 0.663. The van der Waals surface area contributed by atoms with Crippen LogP contribution in [0.5, 0.6) is 0 Å². The molecule has 0 aliphatic heterocycles. The zero-order valence-electron chi connectivity index (χ0n) is 6.69. The normalized spacial score (nSPS) is 14.8. The summed E-state index contributed by atoms with van der Waals surface area (Å²) in [7, 11) is 0. The fourth-order valence-electron chi connectivity index (χ4n) is 0.612. The van der Waals surface area contributed by atoms with Crippen molar-refractivity contribution in [2.75, 3.05) is 0 Å². The first-order valence-corrected chi connectivity index (χ1v) is 3.33. The summed E-state index contributed by atoms with van der Waals surface area (Å²) < 4.78 is 12.5. The molecular formula is C9H13F. The summed E-state index contributed by atoms with van der Waals surface area (Å²) in [5.41, 5.74) is 0.929. The van der Waals surface area contributed by atoms with Gasteiger partial charge in [-0.2, -0.15) is 0 Å². The molecule has 56 valence electrons. The Labute approximate surface area is 61.8 Å². The SMILES string of the molecule is C\C=C/C(C)=C\C(F)=C/C. The lowest BCUT2D eigenvalue weighted by atomic mass is 10.2. The second-order valence-corrected chi connectivity index (χ2v) is 2.06. The second kappa shape index (κ2) is 4.98. The van der Waals surface area contributed by atoms with Crippen LogP contribution in [0.25, 0.3) is 0 Å². The molecular weight excluding hydrogens is 127 g/mol. The van der Waals surface area contributed by atoms with E-state index in [1.807, 2.05) is 26.0 Å². The van der Waals surface area contributed by atoms with E-state index in [1.165, 1.54) is 12.2 Å². The van der Waals surface area contributed by atoms with Crippen LogP contribution >= 0.6 is 0 Å². The van der Waals surface area contributed by atoms with E-state index in [1.54, 1.807) is 6.92 Å². The van der Waals surface area contributed by atoms with E-state index in [-0.39, 0.29) is 5.83 Å². The maximum absolute atomic E-state index is 12.5. The van der Waals surface area contributed by atoms with Crippen molar-refractivity contribution in [2.24, 2.45) is 0 Å². The summed E-state index contributed by atoms with van der Waals surface area (Å²) in [6, 6.07) is 0. The van der Waals surface area contributed by atoms with Gasteiger partial charge in [-0.1, -0.05) is 18.2 Å². The van der Waals surface area contributed by atoms with E-state index in [0.29, 0.717) is 0 Å². The first kappa shape index (κ1) is 9.15. The van der Waals surface area contributed by atoms with Gasteiger partial charge in [-0.15, -0.1) is 0 Å². The topological polar surface area (TPSA) is 0 Å². The molecule has 0 aromatic carbocycles. The van der Waals surface area contributed by atoms with Crippen LogP contribution in [0.2, 0.25) is 0 Å². The smallest absolute Gasteiger partial charge is 0.119 e. The standard InChI is InChI=1S/C9H13F/c1-4-6-8(3)7-9(10)5-2/h4-7H,1-3H3/b6-4-,8-7-,9-5+. The van der Waals surface area contributed by atoms with Crippen molar-refractivity contribution in [1.29, 1.82) is 0 Å². The third kappa shape index (κ3) is 4.07. The molecule has 0 radical (unpaired) electrons. The highest BCUT2D eigenvalue weighted by Gasteiger charge is 1.84. The Morgan fingerprint density at radius 2 is 1.90 bits per heavy atom. The van der Waals surface area contributed by atoms with Gasteiger partial charge in [-0.05, 0) is 32.4 Å². The molecule has 0 N–H and O–H groups in total. The Bertz CT molecular complexity index is 173. The van der Waals surface area contributed by atoms with E-state index in [4.69, 9.17) is 0 Å². The molecule has 0 unspecified atom stereocenters. The first-order chi connectivity index (χ1) is 4.70. The molecule has 0 atom stereocenters. The minimum Gasteiger partial charge on any atom is -0.207 e. The van der Waals surface area contributed by atoms with Crippen LogP contribution in [0.1, 0.15) is 20.8 Å². The molecule has 0 nitrogen and oxygen atoms in total. The largest absolute Gasteiger partial charge is 0.207 e. The van der Waals surface area contributed by atoms with Crippen LogP contribution in [-0.2, 0) is 0 Å². The summed E-state index contributed by atoms with van der Waals surface area (Å²) in [6.07, 6.45) is 6.69. The lowest BCUT2D eigenvalue weighted by Gasteiger charge is -1.88. The second-order valence-electron chi connectivity index (χ2n) is 2.06. The molecule has 0 spiro atoms. The van der Waals surface area contributed by atoms with E-state index in [9.17, 15) is 4.39 Å². The van der Waals surface area contributed by atoms with Crippen LogP contribution in [-0.4, -0.2) is 0 Å². The molecule has 0 saturated heterocycles. The highest BCUT2D eigenvalue weighted by atomic mass is 19.1. The molecule has 0 aliphatic rings. The Kier molecular flexibility index (Phi) is 4.55. The third-order valence-electron chi connectivity index (χ3n) is 1.07. The third-order valence-corrected chi connectivity index (χ3v) is 1.07. The van der Waals surface area contributed by atoms with E-state index < -0.39 is 0 Å². The van der Waals surface area contributed by atoms with Gasteiger partial charge in [0.1, 0.15) is 5.83 Å². The molecule has 0 aliphatic carbocycles. The Hall–Kier alpha value is -0.850. The van der Waals surface area contributed by atoms with Crippen molar-refractivity contribution in [3.63, 3.8) is 0 Å². The average molecular weight is 140 g/mol. The minimum absolute atomic E-state index is 0.185. The molecule has 10 heavy (non-hydrogen) atoms. The van der Waals surface area contributed by atoms with Crippen LogP contribution < -0.4 is 0 Å². The zero-order chi connectivity index (χ0) is 7.98. The highest BCUT2D eigenvalue weighted by molar-refractivity contribution is 5.24. The maximum Gasteiger partial charge on any atom is 0.119 e. The van der Waals surface area contributed by atoms with Crippen LogP contribution in [0.15, 0.2) is 35.7 Å².